The fourth-order valence-electron chi connectivity index (χ4n) is 3.34. The van der Waals surface area contributed by atoms with Crippen LogP contribution >= 0.6 is 0 Å². The van der Waals surface area contributed by atoms with E-state index < -0.39 is 5.97 Å². The van der Waals surface area contributed by atoms with Crippen LogP contribution in [0.4, 0.5) is 0 Å². The maximum atomic E-state index is 11.0. The van der Waals surface area contributed by atoms with Crippen molar-refractivity contribution in [3.05, 3.63) is 65.9 Å². The van der Waals surface area contributed by atoms with Gasteiger partial charge in [0.2, 0.25) is 0 Å². The van der Waals surface area contributed by atoms with Crippen molar-refractivity contribution in [2.45, 2.75) is 25.7 Å². The number of rotatable bonds is 7. The lowest BCUT2D eigenvalue weighted by molar-refractivity contribution is -0.0402. The van der Waals surface area contributed by atoms with E-state index in [-0.39, 0.29) is 11.9 Å². The van der Waals surface area contributed by atoms with E-state index in [9.17, 15) is 4.79 Å². The summed E-state index contributed by atoms with van der Waals surface area (Å²) in [4.78, 5) is 11.0. The molecular weight excluding hydrogens is 372 g/mol. The van der Waals surface area contributed by atoms with Gasteiger partial charge >= 0.3 is 5.97 Å². The highest BCUT2D eigenvalue weighted by Gasteiger charge is 2.20. The van der Waals surface area contributed by atoms with Crippen LogP contribution in [0.15, 0.2) is 54.7 Å². The Morgan fingerprint density at radius 1 is 1.21 bits per heavy atom. The molecule has 7 nitrogen and oxygen atoms in total. The van der Waals surface area contributed by atoms with E-state index in [0.29, 0.717) is 24.7 Å². The van der Waals surface area contributed by atoms with Gasteiger partial charge in [-0.3, -0.25) is 4.68 Å². The molecule has 1 aromatic heterocycles. The van der Waals surface area contributed by atoms with E-state index in [1.807, 2.05) is 28.9 Å². The number of hydrogen-bond acceptors (Lipinski definition) is 5. The number of carboxylic acids is 1. The first kappa shape index (κ1) is 19.0. The van der Waals surface area contributed by atoms with Crippen molar-refractivity contribution < 1.29 is 24.1 Å². The van der Waals surface area contributed by atoms with Gasteiger partial charge in [-0.15, -0.1) is 0 Å². The molecule has 0 saturated carbocycles. The molecule has 0 amide bonds. The van der Waals surface area contributed by atoms with Gasteiger partial charge in [-0.1, -0.05) is 12.1 Å². The second kappa shape index (κ2) is 8.36. The average molecular weight is 394 g/mol. The molecule has 0 aliphatic carbocycles. The van der Waals surface area contributed by atoms with Gasteiger partial charge in [-0.25, -0.2) is 4.79 Å². The molecule has 1 aliphatic heterocycles. The van der Waals surface area contributed by atoms with Gasteiger partial charge in [0.25, 0.3) is 0 Å². The number of ether oxygens (including phenoxy) is 3. The molecule has 2 aromatic carbocycles. The molecule has 29 heavy (non-hydrogen) atoms. The van der Waals surface area contributed by atoms with Gasteiger partial charge in [0.05, 0.1) is 31.5 Å². The van der Waals surface area contributed by atoms with E-state index >= 15 is 0 Å². The van der Waals surface area contributed by atoms with Crippen LogP contribution in [0.25, 0.3) is 11.3 Å². The summed E-state index contributed by atoms with van der Waals surface area (Å²) in [6.45, 7) is 1.23. The minimum atomic E-state index is -0.937. The molecule has 1 unspecified atom stereocenters. The fourth-order valence-corrected chi connectivity index (χ4v) is 3.34. The maximum absolute atomic E-state index is 11.0. The van der Waals surface area contributed by atoms with E-state index in [2.05, 4.69) is 5.10 Å². The van der Waals surface area contributed by atoms with Gasteiger partial charge in [-0.2, -0.15) is 5.10 Å². The average Bonchev–Trinajstić information content (AvgIpc) is 3.40. The van der Waals surface area contributed by atoms with Gasteiger partial charge < -0.3 is 19.3 Å². The van der Waals surface area contributed by atoms with Crippen molar-refractivity contribution >= 4 is 5.97 Å². The quantitative estimate of drug-likeness (QED) is 0.656. The molecule has 1 atom stereocenters. The normalized spacial score (nSPS) is 16.0. The molecule has 150 valence electrons. The van der Waals surface area contributed by atoms with Crippen LogP contribution in [0.2, 0.25) is 0 Å². The molecule has 1 saturated heterocycles. The minimum absolute atomic E-state index is 0.253. The van der Waals surface area contributed by atoms with Crippen LogP contribution in [0.5, 0.6) is 11.5 Å². The molecule has 7 heteroatoms. The van der Waals surface area contributed by atoms with Crippen LogP contribution in [0, 0.1) is 0 Å². The highest BCUT2D eigenvalue weighted by atomic mass is 16.7. The summed E-state index contributed by atoms with van der Waals surface area (Å²) in [7, 11) is 1.61. The smallest absolute Gasteiger partial charge is 0.335 e. The molecular formula is C22H22N2O5. The second-order valence-electron chi connectivity index (χ2n) is 6.80. The third-order valence-corrected chi connectivity index (χ3v) is 4.86. The Morgan fingerprint density at radius 3 is 2.72 bits per heavy atom. The number of aromatic nitrogens is 2. The Labute approximate surface area is 168 Å². The first-order valence-corrected chi connectivity index (χ1v) is 9.45. The molecule has 1 N–H and O–H groups in total. The highest BCUT2D eigenvalue weighted by Crippen LogP contribution is 2.34. The molecule has 0 bridgehead atoms. The second-order valence-corrected chi connectivity index (χ2v) is 6.80. The third kappa shape index (κ3) is 4.25. The highest BCUT2D eigenvalue weighted by molar-refractivity contribution is 5.87. The SMILES string of the molecule is COc1ccc(-c2ccnn2Cc2ccc(C(=O)O)cc2)cc1OC1CCCO1. The van der Waals surface area contributed by atoms with E-state index in [0.717, 1.165) is 29.7 Å². The number of carbonyl (C=O) groups is 1. The van der Waals surface area contributed by atoms with Crippen molar-refractivity contribution in [2.75, 3.05) is 13.7 Å². The van der Waals surface area contributed by atoms with Crippen LogP contribution in [-0.2, 0) is 11.3 Å². The summed E-state index contributed by atoms with van der Waals surface area (Å²) in [5.74, 6) is 0.350. The molecule has 4 rings (SSSR count). The van der Waals surface area contributed by atoms with Crippen molar-refractivity contribution in [1.29, 1.82) is 0 Å². The third-order valence-electron chi connectivity index (χ3n) is 4.86. The first-order chi connectivity index (χ1) is 14.1. The number of aromatic carboxylic acids is 1. The zero-order valence-electron chi connectivity index (χ0n) is 16.1. The zero-order valence-corrected chi connectivity index (χ0v) is 16.1. The Bertz CT molecular complexity index is 991. The largest absolute Gasteiger partial charge is 0.493 e. The Balaban J connectivity index is 1.59. The van der Waals surface area contributed by atoms with E-state index in [1.165, 1.54) is 0 Å². The lowest BCUT2D eigenvalue weighted by Gasteiger charge is -2.17. The van der Waals surface area contributed by atoms with E-state index in [4.69, 9.17) is 19.3 Å². The molecule has 2 heterocycles. The lowest BCUT2D eigenvalue weighted by atomic mass is 10.1. The number of carboxylic acid groups (broad SMARTS) is 1. The standard InChI is InChI=1S/C22H22N2O5/c1-27-19-9-8-17(13-20(19)29-21-3-2-12-28-21)18-10-11-23-24(18)14-15-4-6-16(7-5-15)22(25)26/h4-11,13,21H,2-3,12,14H2,1H3,(H,25,26). The van der Waals surface area contributed by atoms with Crippen molar-refractivity contribution in [3.8, 4) is 22.8 Å². The van der Waals surface area contributed by atoms with E-state index in [1.54, 1.807) is 37.6 Å². The molecule has 1 aliphatic rings. The monoisotopic (exact) mass is 394 g/mol. The summed E-state index contributed by atoms with van der Waals surface area (Å²) >= 11 is 0. The van der Waals surface area contributed by atoms with Gasteiger partial charge in [0, 0.05) is 18.2 Å². The minimum Gasteiger partial charge on any atom is -0.493 e. The molecule has 0 spiro atoms. The maximum Gasteiger partial charge on any atom is 0.335 e. The van der Waals surface area contributed by atoms with Crippen LogP contribution < -0.4 is 9.47 Å². The zero-order chi connectivity index (χ0) is 20.2. The summed E-state index contributed by atoms with van der Waals surface area (Å²) in [5.41, 5.74) is 3.09. The Kier molecular flexibility index (Phi) is 5.48. The molecule has 1 fully saturated rings. The summed E-state index contributed by atoms with van der Waals surface area (Å²) in [6.07, 6.45) is 3.33. The van der Waals surface area contributed by atoms with Crippen molar-refractivity contribution in [1.82, 2.24) is 9.78 Å². The van der Waals surface area contributed by atoms with Crippen LogP contribution in [0.3, 0.4) is 0 Å². The number of benzene rings is 2. The first-order valence-electron chi connectivity index (χ1n) is 9.45. The summed E-state index contributed by atoms with van der Waals surface area (Å²) < 4.78 is 18.9. The van der Waals surface area contributed by atoms with Gasteiger partial charge in [-0.05, 0) is 48.4 Å². The number of nitrogens with zero attached hydrogens (tertiary/aromatic N) is 2. The van der Waals surface area contributed by atoms with Crippen molar-refractivity contribution in [3.63, 3.8) is 0 Å². The Hall–Kier alpha value is -3.32. The number of methoxy groups -OCH3 is 1. The fraction of sp³-hybridized carbons (Fsp3) is 0.273. The number of hydrogen-bond donors (Lipinski definition) is 1. The summed E-state index contributed by atoms with van der Waals surface area (Å²) in [5, 5.41) is 13.5. The topological polar surface area (TPSA) is 82.8 Å². The lowest BCUT2D eigenvalue weighted by Crippen LogP contribution is -2.14. The van der Waals surface area contributed by atoms with Crippen LogP contribution in [-0.4, -0.2) is 40.9 Å². The predicted octanol–water partition coefficient (Wildman–Crippen LogP) is 3.82. The van der Waals surface area contributed by atoms with Crippen LogP contribution in [0.1, 0.15) is 28.8 Å². The Morgan fingerprint density at radius 2 is 2.03 bits per heavy atom. The molecule has 0 radical (unpaired) electrons. The van der Waals surface area contributed by atoms with Crippen molar-refractivity contribution in [2.24, 2.45) is 0 Å². The van der Waals surface area contributed by atoms with Gasteiger partial charge in [0.15, 0.2) is 17.8 Å². The predicted molar refractivity (Wildman–Crippen MR) is 106 cm³/mol. The summed E-state index contributed by atoms with van der Waals surface area (Å²) in [6, 6.07) is 14.5. The van der Waals surface area contributed by atoms with Gasteiger partial charge in [0.1, 0.15) is 0 Å². The molecule has 3 aromatic rings.